The Morgan fingerprint density at radius 3 is 2.63 bits per heavy atom. The zero-order chi connectivity index (χ0) is 14.0. The lowest BCUT2D eigenvalue weighted by Gasteiger charge is -2.31. The summed E-state index contributed by atoms with van der Waals surface area (Å²) < 4.78 is 1.63. The van der Waals surface area contributed by atoms with E-state index >= 15 is 0 Å². The molecule has 2 rings (SSSR count). The van der Waals surface area contributed by atoms with Gasteiger partial charge in [-0.1, -0.05) is 13.8 Å². The van der Waals surface area contributed by atoms with Crippen LogP contribution in [0.25, 0.3) is 0 Å². The van der Waals surface area contributed by atoms with Crippen molar-refractivity contribution in [2.45, 2.75) is 20.4 Å². The average Bonchev–Trinajstić information content (AvgIpc) is 2.80. The summed E-state index contributed by atoms with van der Waals surface area (Å²) in [5.41, 5.74) is 0. The fourth-order valence-electron chi connectivity index (χ4n) is 2.07. The molecule has 102 valence electrons. The van der Waals surface area contributed by atoms with Gasteiger partial charge in [-0.2, -0.15) is 5.10 Å². The molecule has 0 radical (unpaired) electrons. The van der Waals surface area contributed by atoms with Crippen LogP contribution in [0.4, 0.5) is 4.79 Å². The summed E-state index contributed by atoms with van der Waals surface area (Å²) in [5.74, 6) is -1.89. The predicted octanol–water partition coefficient (Wildman–Crippen LogP) is 0.234. The van der Waals surface area contributed by atoms with Gasteiger partial charge in [0.05, 0.1) is 13.1 Å². The van der Waals surface area contributed by atoms with Crippen LogP contribution in [0.5, 0.6) is 0 Å². The summed E-state index contributed by atoms with van der Waals surface area (Å²) in [7, 11) is 0. The van der Waals surface area contributed by atoms with Crippen LogP contribution in [-0.2, 0) is 16.1 Å². The van der Waals surface area contributed by atoms with Crippen molar-refractivity contribution in [2.24, 2.45) is 11.8 Å². The van der Waals surface area contributed by atoms with Crippen molar-refractivity contribution in [1.29, 1.82) is 0 Å². The molecule has 0 bridgehead atoms. The molecule has 0 spiro atoms. The minimum absolute atomic E-state index is 0.146. The first-order chi connectivity index (χ1) is 9.00. The molecule has 1 aliphatic heterocycles. The third kappa shape index (κ3) is 2.64. The maximum Gasteiger partial charge on any atom is 0.330 e. The van der Waals surface area contributed by atoms with Crippen LogP contribution in [-0.4, -0.2) is 39.1 Å². The van der Waals surface area contributed by atoms with Crippen molar-refractivity contribution < 1.29 is 14.4 Å². The lowest BCUT2D eigenvalue weighted by molar-refractivity contribution is -0.144. The van der Waals surface area contributed by atoms with E-state index in [9.17, 15) is 14.4 Å². The monoisotopic (exact) mass is 264 g/mol. The molecule has 7 nitrogen and oxygen atoms in total. The topological polar surface area (TPSA) is 84.3 Å². The smallest absolute Gasteiger partial charge is 0.277 e. The highest BCUT2D eigenvalue weighted by Crippen LogP contribution is 2.18. The Kier molecular flexibility index (Phi) is 3.64. The Morgan fingerprint density at radius 1 is 1.32 bits per heavy atom. The molecular weight excluding hydrogens is 248 g/mol. The maximum atomic E-state index is 12.2. The number of urea groups is 1. The first-order valence-corrected chi connectivity index (χ1v) is 6.14. The lowest BCUT2D eigenvalue weighted by Crippen LogP contribution is -2.59. The molecule has 1 N–H and O–H groups in total. The van der Waals surface area contributed by atoms with E-state index in [1.165, 1.54) is 0 Å². The second kappa shape index (κ2) is 5.21. The van der Waals surface area contributed by atoms with Crippen molar-refractivity contribution in [2.75, 3.05) is 6.54 Å². The molecule has 2 heterocycles. The van der Waals surface area contributed by atoms with Gasteiger partial charge in [0.2, 0.25) is 11.8 Å². The van der Waals surface area contributed by atoms with Gasteiger partial charge in [0.15, 0.2) is 0 Å². The summed E-state index contributed by atoms with van der Waals surface area (Å²) in [6.07, 6.45) is 3.37. The van der Waals surface area contributed by atoms with Gasteiger partial charge in [0.25, 0.3) is 0 Å². The van der Waals surface area contributed by atoms with E-state index in [1.54, 1.807) is 37.0 Å². The van der Waals surface area contributed by atoms with Crippen LogP contribution in [0, 0.1) is 11.8 Å². The highest BCUT2D eigenvalue weighted by molar-refractivity contribution is 6.16. The van der Waals surface area contributed by atoms with Crippen LogP contribution in [0.2, 0.25) is 0 Å². The number of amides is 4. The summed E-state index contributed by atoms with van der Waals surface area (Å²) in [6, 6.07) is 1.11. The van der Waals surface area contributed by atoms with Gasteiger partial charge in [-0.25, -0.2) is 4.79 Å². The summed E-state index contributed by atoms with van der Waals surface area (Å²) in [5, 5.41) is 6.22. The highest BCUT2D eigenvalue weighted by Gasteiger charge is 2.41. The number of aromatic nitrogens is 2. The van der Waals surface area contributed by atoms with Gasteiger partial charge in [-0.05, 0) is 12.0 Å². The molecule has 0 aliphatic carbocycles. The van der Waals surface area contributed by atoms with Gasteiger partial charge >= 0.3 is 6.03 Å². The van der Waals surface area contributed by atoms with E-state index in [2.05, 4.69) is 10.4 Å². The van der Waals surface area contributed by atoms with Crippen molar-refractivity contribution in [1.82, 2.24) is 20.0 Å². The van der Waals surface area contributed by atoms with E-state index in [-0.39, 0.29) is 12.5 Å². The summed E-state index contributed by atoms with van der Waals surface area (Å²) in [6.45, 7) is 4.17. The van der Waals surface area contributed by atoms with E-state index < -0.39 is 23.8 Å². The number of nitrogens with one attached hydrogen (secondary N) is 1. The Bertz CT molecular complexity index is 495. The van der Waals surface area contributed by atoms with Crippen molar-refractivity contribution >= 4 is 17.8 Å². The van der Waals surface area contributed by atoms with E-state index in [0.29, 0.717) is 6.54 Å². The van der Waals surface area contributed by atoms with Gasteiger partial charge in [-0.3, -0.25) is 24.5 Å². The molecule has 0 saturated carbocycles. The Morgan fingerprint density at radius 2 is 2.05 bits per heavy atom. The third-order valence-corrected chi connectivity index (χ3v) is 3.07. The molecule has 1 aromatic rings. The van der Waals surface area contributed by atoms with E-state index in [1.807, 2.05) is 0 Å². The largest absolute Gasteiger partial charge is 0.330 e. The number of hydrogen-bond donors (Lipinski definition) is 1. The highest BCUT2D eigenvalue weighted by atomic mass is 16.2. The zero-order valence-corrected chi connectivity index (χ0v) is 10.9. The number of nitrogens with zero attached hydrogens (tertiary/aromatic N) is 3. The SMILES string of the molecule is CC(C)C1C(=O)NC(=O)N(CCn2cccn2)C1=O. The number of carbonyl (C=O) groups is 3. The van der Waals surface area contributed by atoms with Crippen LogP contribution in [0.1, 0.15) is 13.8 Å². The maximum absolute atomic E-state index is 12.2. The number of carbonyl (C=O) groups excluding carboxylic acids is 3. The third-order valence-electron chi connectivity index (χ3n) is 3.07. The van der Waals surface area contributed by atoms with Crippen LogP contribution in [0.15, 0.2) is 18.5 Å². The molecule has 1 saturated heterocycles. The first-order valence-electron chi connectivity index (χ1n) is 6.14. The second-order valence-electron chi connectivity index (χ2n) is 4.78. The Balaban J connectivity index is 2.08. The fraction of sp³-hybridized carbons (Fsp3) is 0.500. The standard InChI is InChI=1S/C12H16N4O3/c1-8(2)9-10(17)14-12(19)16(11(9)18)7-6-15-5-3-4-13-15/h3-5,8-9H,6-7H2,1-2H3,(H,14,17,19). The van der Waals surface area contributed by atoms with Gasteiger partial charge in [0.1, 0.15) is 5.92 Å². The Hall–Kier alpha value is -2.18. The number of barbiturate groups is 1. The molecule has 1 fully saturated rings. The zero-order valence-electron chi connectivity index (χ0n) is 10.9. The molecule has 7 heteroatoms. The normalized spacial score (nSPS) is 20.1. The molecule has 1 aliphatic rings. The summed E-state index contributed by atoms with van der Waals surface area (Å²) in [4.78, 5) is 36.6. The second-order valence-corrected chi connectivity index (χ2v) is 4.78. The Labute approximate surface area is 110 Å². The predicted molar refractivity (Wildman–Crippen MR) is 65.8 cm³/mol. The van der Waals surface area contributed by atoms with Gasteiger partial charge < -0.3 is 0 Å². The number of rotatable bonds is 4. The number of imide groups is 2. The molecule has 19 heavy (non-hydrogen) atoms. The van der Waals surface area contributed by atoms with Crippen molar-refractivity contribution in [3.63, 3.8) is 0 Å². The van der Waals surface area contributed by atoms with Crippen LogP contribution in [0.3, 0.4) is 0 Å². The fourth-order valence-corrected chi connectivity index (χ4v) is 2.07. The lowest BCUT2D eigenvalue weighted by atomic mass is 9.92. The quantitative estimate of drug-likeness (QED) is 0.789. The molecule has 4 amide bonds. The van der Waals surface area contributed by atoms with Gasteiger partial charge in [-0.15, -0.1) is 0 Å². The first kappa shape index (κ1) is 13.3. The molecule has 1 aromatic heterocycles. The molecule has 1 unspecified atom stereocenters. The average molecular weight is 264 g/mol. The van der Waals surface area contributed by atoms with E-state index in [4.69, 9.17) is 0 Å². The summed E-state index contributed by atoms with van der Waals surface area (Å²) >= 11 is 0. The molecule has 0 aromatic carbocycles. The minimum atomic E-state index is -0.796. The minimum Gasteiger partial charge on any atom is -0.277 e. The van der Waals surface area contributed by atoms with Crippen molar-refractivity contribution in [3.05, 3.63) is 18.5 Å². The van der Waals surface area contributed by atoms with Crippen molar-refractivity contribution in [3.8, 4) is 0 Å². The van der Waals surface area contributed by atoms with Crippen LogP contribution >= 0.6 is 0 Å². The number of hydrogen-bond acceptors (Lipinski definition) is 4. The van der Waals surface area contributed by atoms with E-state index in [0.717, 1.165) is 4.90 Å². The molecule has 1 atom stereocenters. The van der Waals surface area contributed by atoms with Crippen LogP contribution < -0.4 is 5.32 Å². The molecular formula is C12H16N4O3. The van der Waals surface area contributed by atoms with Gasteiger partial charge in [0, 0.05) is 12.4 Å².